The molecule has 1 aromatic heterocycles. The lowest BCUT2D eigenvalue weighted by Crippen LogP contribution is -2.66. The van der Waals surface area contributed by atoms with Gasteiger partial charge in [-0.1, -0.05) is 35.3 Å². The van der Waals surface area contributed by atoms with Crippen molar-refractivity contribution in [2.45, 2.75) is 117 Å². The van der Waals surface area contributed by atoms with Crippen LogP contribution in [0.1, 0.15) is 87.4 Å². The summed E-state index contributed by atoms with van der Waals surface area (Å²) in [5, 5.41) is 1.58. The number of carbonyl (C=O) groups excluding carboxylic acids is 3. The molecular formula is C43H54Cl2N4O8S. The summed E-state index contributed by atoms with van der Waals surface area (Å²) < 4.78 is 29.2. The van der Waals surface area contributed by atoms with E-state index in [0.717, 1.165) is 45.7 Å². The Kier molecular flexibility index (Phi) is 13.3. The number of hydrogen-bond donors (Lipinski definition) is 0. The van der Waals surface area contributed by atoms with Gasteiger partial charge in [-0.15, -0.1) is 11.3 Å². The number of hydrogen-bond acceptors (Lipinski definition) is 10. The van der Waals surface area contributed by atoms with Crippen molar-refractivity contribution in [3.05, 3.63) is 78.7 Å². The second-order valence-electron chi connectivity index (χ2n) is 17.0. The minimum Gasteiger partial charge on any atom is -0.496 e. The zero-order valence-corrected chi connectivity index (χ0v) is 37.1. The number of rotatable bonds is 12. The first-order valence-electron chi connectivity index (χ1n) is 19.6. The fraction of sp³-hybridized carbons (Fsp3) is 0.535. The summed E-state index contributed by atoms with van der Waals surface area (Å²) >= 11 is 14.1. The number of benzene rings is 2. The van der Waals surface area contributed by atoms with Crippen molar-refractivity contribution in [3.8, 4) is 11.5 Å². The highest BCUT2D eigenvalue weighted by Gasteiger charge is 2.51. The molecule has 2 unspecified atom stereocenters. The molecule has 6 rings (SSSR count). The predicted molar refractivity (Wildman–Crippen MR) is 225 cm³/mol. The molecule has 2 atom stereocenters. The van der Waals surface area contributed by atoms with Crippen LogP contribution in [-0.2, 0) is 32.2 Å². The van der Waals surface area contributed by atoms with E-state index in [2.05, 4.69) is 0 Å². The summed E-state index contributed by atoms with van der Waals surface area (Å²) in [4.78, 5) is 53.9. The number of ether oxygens (including phenoxy) is 5. The zero-order chi connectivity index (χ0) is 42.1. The smallest absolute Gasteiger partial charge is 0.411 e. The van der Waals surface area contributed by atoms with Crippen LogP contribution in [0.5, 0.6) is 11.5 Å². The maximum atomic E-state index is 15.4. The van der Waals surface area contributed by atoms with Gasteiger partial charge < -0.3 is 33.5 Å². The summed E-state index contributed by atoms with van der Waals surface area (Å²) in [6.45, 7) is 16.1. The van der Waals surface area contributed by atoms with E-state index in [9.17, 15) is 9.59 Å². The Balaban J connectivity index is 1.34. The Bertz CT molecular complexity index is 2030. The van der Waals surface area contributed by atoms with Crippen LogP contribution >= 0.6 is 34.5 Å². The van der Waals surface area contributed by atoms with E-state index in [0.29, 0.717) is 39.3 Å². The zero-order valence-electron chi connectivity index (χ0n) is 34.8. The van der Waals surface area contributed by atoms with Gasteiger partial charge in [-0.2, -0.15) is 0 Å². The Morgan fingerprint density at radius 3 is 2.26 bits per heavy atom. The van der Waals surface area contributed by atoms with Crippen LogP contribution < -0.4 is 9.47 Å². The molecular weight excluding hydrogens is 803 g/mol. The highest BCUT2D eigenvalue weighted by molar-refractivity contribution is 7.12. The van der Waals surface area contributed by atoms with Gasteiger partial charge in [0.1, 0.15) is 28.6 Å². The van der Waals surface area contributed by atoms with Crippen LogP contribution in [-0.4, -0.2) is 101 Å². The number of fused-ring (bicyclic) bond motifs is 2. The van der Waals surface area contributed by atoms with Crippen molar-refractivity contribution in [3.63, 3.8) is 0 Å². The number of aromatic nitrogens is 1. The predicted octanol–water partition coefficient (Wildman–Crippen LogP) is 9.24. The molecule has 58 heavy (non-hydrogen) atoms. The lowest BCUT2D eigenvalue weighted by atomic mass is 9.83. The van der Waals surface area contributed by atoms with Crippen LogP contribution in [0.15, 0.2) is 42.1 Å². The van der Waals surface area contributed by atoms with Gasteiger partial charge in [0.2, 0.25) is 0 Å². The molecule has 1 aliphatic carbocycles. The summed E-state index contributed by atoms with van der Waals surface area (Å²) in [6.07, 6.45) is 2.75. The van der Waals surface area contributed by atoms with Crippen LogP contribution in [0, 0.1) is 13.8 Å². The van der Waals surface area contributed by atoms with Crippen LogP contribution in [0.4, 0.5) is 9.59 Å². The van der Waals surface area contributed by atoms with E-state index in [-0.39, 0.29) is 44.9 Å². The van der Waals surface area contributed by atoms with Crippen molar-refractivity contribution < 1.29 is 38.1 Å². The average molecular weight is 858 g/mol. The fourth-order valence-corrected chi connectivity index (χ4v) is 8.95. The second kappa shape index (κ2) is 17.7. The Labute approximate surface area is 355 Å². The van der Waals surface area contributed by atoms with Crippen molar-refractivity contribution in [1.82, 2.24) is 19.7 Å². The number of carbonyl (C=O) groups is 3. The van der Waals surface area contributed by atoms with Gasteiger partial charge in [-0.3, -0.25) is 9.69 Å². The van der Waals surface area contributed by atoms with Crippen molar-refractivity contribution in [1.29, 1.82) is 0 Å². The molecule has 3 aliphatic rings. The molecule has 0 radical (unpaired) electrons. The van der Waals surface area contributed by atoms with E-state index >= 15 is 4.79 Å². The first-order valence-corrected chi connectivity index (χ1v) is 21.2. The minimum absolute atomic E-state index is 0.0161. The Morgan fingerprint density at radius 2 is 1.62 bits per heavy atom. The minimum atomic E-state index is -0.815. The quantitative estimate of drug-likeness (QED) is 0.164. The first kappa shape index (κ1) is 43.5. The van der Waals surface area contributed by atoms with Gasteiger partial charge >= 0.3 is 12.2 Å². The Hall–Kier alpha value is -4.04. The molecule has 314 valence electrons. The van der Waals surface area contributed by atoms with E-state index in [1.807, 2.05) is 78.5 Å². The first-order chi connectivity index (χ1) is 27.3. The SMILES string of the molecule is COc1cccc(CN(C(=O)C2=C(c3cnc(COCCOc4c(Cl)cc(C)cc4Cl)s3)CC3CN(C(=O)OC(C)(C)C)CC2N3C(=O)OC(C)(C)C)C2CC2)c1C. The second-order valence-corrected chi connectivity index (χ2v) is 19.0. The fourth-order valence-electron chi connectivity index (χ4n) is 7.33. The van der Waals surface area contributed by atoms with E-state index < -0.39 is 35.5 Å². The number of nitrogens with zero attached hydrogens (tertiary/aromatic N) is 4. The normalized spacial score (nSPS) is 18.3. The average Bonchev–Trinajstić information content (AvgIpc) is 3.85. The molecule has 2 aliphatic heterocycles. The third-order valence-electron chi connectivity index (χ3n) is 10.0. The molecule has 3 aromatic rings. The molecule has 2 bridgehead atoms. The van der Waals surface area contributed by atoms with Crippen LogP contribution in [0.25, 0.3) is 5.57 Å². The summed E-state index contributed by atoms with van der Waals surface area (Å²) in [6, 6.07) is 8.13. The van der Waals surface area contributed by atoms with E-state index in [4.69, 9.17) is 51.9 Å². The standard InChI is InChI=1S/C43H54Cl2N4O8S/c1-25-17-31(44)38(32(45)18-25)55-16-15-54-24-36-46-20-35(58-36)30-19-29-22-47(40(51)56-42(3,4)5)23-33(49(29)41(52)57-43(6,7)8)37(30)39(50)48(28-13-14-28)21-27-11-10-12-34(53-9)26(27)2/h10-12,17-18,20,28-29,33H,13-16,19,21-24H2,1-9H3. The number of thiazole rings is 1. The van der Waals surface area contributed by atoms with E-state index in [1.54, 1.807) is 35.2 Å². The molecule has 12 nitrogen and oxygen atoms in total. The third kappa shape index (κ3) is 10.4. The van der Waals surface area contributed by atoms with Gasteiger partial charge in [0.15, 0.2) is 5.75 Å². The van der Waals surface area contributed by atoms with Crippen molar-refractivity contribution in [2.75, 3.05) is 33.4 Å². The largest absolute Gasteiger partial charge is 0.496 e. The number of halogens is 2. The van der Waals surface area contributed by atoms with Gasteiger partial charge in [0, 0.05) is 37.4 Å². The molecule has 0 spiro atoms. The number of methoxy groups -OCH3 is 1. The van der Waals surface area contributed by atoms with Gasteiger partial charge in [0.25, 0.3) is 5.91 Å². The summed E-state index contributed by atoms with van der Waals surface area (Å²) in [5.41, 5.74) is 2.57. The molecule has 1 saturated heterocycles. The summed E-state index contributed by atoms with van der Waals surface area (Å²) in [7, 11) is 1.63. The maximum absolute atomic E-state index is 15.4. The van der Waals surface area contributed by atoms with Crippen LogP contribution in [0.3, 0.4) is 0 Å². The maximum Gasteiger partial charge on any atom is 0.411 e. The third-order valence-corrected chi connectivity index (χ3v) is 11.6. The lowest BCUT2D eigenvalue weighted by molar-refractivity contribution is -0.129. The van der Waals surface area contributed by atoms with E-state index in [1.165, 1.54) is 11.3 Å². The van der Waals surface area contributed by atoms with Gasteiger partial charge in [-0.05, 0) is 115 Å². The number of piperazine rings is 1. The Morgan fingerprint density at radius 1 is 0.948 bits per heavy atom. The monoisotopic (exact) mass is 856 g/mol. The molecule has 3 heterocycles. The highest BCUT2D eigenvalue weighted by Crippen LogP contribution is 2.43. The van der Waals surface area contributed by atoms with Crippen molar-refractivity contribution in [2.24, 2.45) is 0 Å². The molecule has 0 N–H and O–H groups in total. The van der Waals surface area contributed by atoms with Crippen LogP contribution in [0.2, 0.25) is 10.0 Å². The van der Waals surface area contributed by atoms with Crippen molar-refractivity contribution >= 4 is 58.2 Å². The lowest BCUT2D eigenvalue weighted by Gasteiger charge is -2.51. The molecule has 1 saturated carbocycles. The summed E-state index contributed by atoms with van der Waals surface area (Å²) in [5.74, 6) is 0.958. The number of amides is 3. The highest BCUT2D eigenvalue weighted by atomic mass is 35.5. The van der Waals surface area contributed by atoms with Gasteiger partial charge in [-0.25, -0.2) is 14.6 Å². The molecule has 2 aromatic carbocycles. The molecule has 2 fully saturated rings. The topological polar surface area (TPSA) is 120 Å². The molecule has 3 amide bonds. The number of aryl methyl sites for hydroxylation is 1. The molecule has 15 heteroatoms. The van der Waals surface area contributed by atoms with Gasteiger partial charge in [0.05, 0.1) is 47.3 Å².